The van der Waals surface area contributed by atoms with Gasteiger partial charge in [-0.1, -0.05) is 11.6 Å². The van der Waals surface area contributed by atoms with Crippen LogP contribution in [0.3, 0.4) is 0 Å². The normalized spacial score (nSPS) is 15.1. The van der Waals surface area contributed by atoms with Crippen LogP contribution in [0.4, 0.5) is 0 Å². The second kappa shape index (κ2) is 4.24. The zero-order valence-corrected chi connectivity index (χ0v) is 9.31. The maximum Gasteiger partial charge on any atom is 0.350 e. The number of hydrogen-bond donors (Lipinski definition) is 1. The number of thioether (sulfide) groups is 1. The predicted octanol–water partition coefficient (Wildman–Crippen LogP) is 2.47. The van der Waals surface area contributed by atoms with E-state index in [9.17, 15) is 4.79 Å². The van der Waals surface area contributed by atoms with Gasteiger partial charge < -0.3 is 5.11 Å². The van der Waals surface area contributed by atoms with Crippen LogP contribution in [0.1, 0.15) is 5.56 Å². The van der Waals surface area contributed by atoms with Crippen molar-refractivity contribution in [1.29, 1.82) is 0 Å². The van der Waals surface area contributed by atoms with Crippen LogP contribution in [0, 0.1) is 0 Å². The first kappa shape index (κ1) is 10.5. The number of carboxylic acids is 1. The van der Waals surface area contributed by atoms with Gasteiger partial charge in [0.05, 0.1) is 6.54 Å². The second-order valence-corrected chi connectivity index (χ2v) is 4.56. The first-order valence-corrected chi connectivity index (χ1v) is 5.71. The van der Waals surface area contributed by atoms with Gasteiger partial charge in [-0.2, -0.15) is 0 Å². The summed E-state index contributed by atoms with van der Waals surface area (Å²) in [5.74, 6) is -0.536. The number of halogens is 1. The predicted molar refractivity (Wildman–Crippen MR) is 61.0 cm³/mol. The molecule has 1 aromatic rings. The van der Waals surface area contributed by atoms with Gasteiger partial charge >= 0.3 is 5.97 Å². The SMILES string of the molecule is O=C(O)C1=NCc2cc(Cl)ccc2SC1. The highest BCUT2D eigenvalue weighted by Gasteiger charge is 2.15. The number of benzene rings is 1. The Kier molecular flexibility index (Phi) is 2.98. The van der Waals surface area contributed by atoms with E-state index < -0.39 is 5.97 Å². The summed E-state index contributed by atoms with van der Waals surface area (Å²) in [6.07, 6.45) is 0. The Bertz CT molecular complexity index is 445. The number of carboxylic acid groups (broad SMARTS) is 1. The average Bonchev–Trinajstić information content (AvgIpc) is 2.39. The molecule has 0 bridgehead atoms. The Morgan fingerprint density at radius 3 is 3.07 bits per heavy atom. The van der Waals surface area contributed by atoms with Gasteiger partial charge in [0.25, 0.3) is 0 Å². The Morgan fingerprint density at radius 1 is 1.53 bits per heavy atom. The third kappa shape index (κ3) is 2.33. The van der Waals surface area contributed by atoms with E-state index in [0.717, 1.165) is 10.5 Å². The van der Waals surface area contributed by atoms with Crippen LogP contribution in [0.2, 0.25) is 5.02 Å². The monoisotopic (exact) mass is 241 g/mol. The van der Waals surface area contributed by atoms with Gasteiger partial charge in [0.1, 0.15) is 5.71 Å². The molecule has 1 aromatic carbocycles. The summed E-state index contributed by atoms with van der Waals surface area (Å²) >= 11 is 7.34. The smallest absolute Gasteiger partial charge is 0.350 e. The summed E-state index contributed by atoms with van der Waals surface area (Å²) in [7, 11) is 0. The third-order valence-electron chi connectivity index (χ3n) is 2.07. The number of aliphatic carboxylic acids is 1. The fourth-order valence-electron chi connectivity index (χ4n) is 1.31. The van der Waals surface area contributed by atoms with Crippen molar-refractivity contribution < 1.29 is 9.90 Å². The summed E-state index contributed by atoms with van der Waals surface area (Å²) in [4.78, 5) is 15.9. The lowest BCUT2D eigenvalue weighted by Gasteiger charge is -2.03. The number of rotatable bonds is 1. The van der Waals surface area contributed by atoms with Crippen molar-refractivity contribution in [3.63, 3.8) is 0 Å². The quantitative estimate of drug-likeness (QED) is 0.822. The van der Waals surface area contributed by atoms with Gasteiger partial charge in [-0.3, -0.25) is 4.99 Å². The summed E-state index contributed by atoms with van der Waals surface area (Å²) < 4.78 is 0. The molecule has 3 nitrogen and oxygen atoms in total. The number of aliphatic imine (C=N–C) groups is 1. The van der Waals surface area contributed by atoms with Crippen molar-refractivity contribution in [1.82, 2.24) is 0 Å². The van der Waals surface area contributed by atoms with Gasteiger partial charge in [0.15, 0.2) is 0 Å². The molecule has 0 saturated carbocycles. The molecule has 5 heteroatoms. The Labute approximate surface area is 96.2 Å². The molecule has 0 amide bonds. The minimum atomic E-state index is -0.943. The Balaban J connectivity index is 2.32. The standard InChI is InChI=1S/C10H8ClNO2S/c11-7-1-2-9-6(3-7)4-12-8(5-15-9)10(13)14/h1-3H,4-5H2,(H,13,14). The maximum absolute atomic E-state index is 10.8. The molecule has 0 radical (unpaired) electrons. The van der Waals surface area contributed by atoms with Crippen molar-refractivity contribution in [3.8, 4) is 0 Å². The summed E-state index contributed by atoms with van der Waals surface area (Å²) in [5, 5.41) is 9.48. The summed E-state index contributed by atoms with van der Waals surface area (Å²) in [6.45, 7) is 0.393. The number of nitrogens with zero attached hydrogens (tertiary/aromatic N) is 1. The lowest BCUT2D eigenvalue weighted by molar-refractivity contribution is -0.129. The lowest BCUT2D eigenvalue weighted by Crippen LogP contribution is -2.14. The van der Waals surface area contributed by atoms with Crippen LogP contribution in [0.5, 0.6) is 0 Å². The van der Waals surface area contributed by atoms with Crippen LogP contribution in [0.15, 0.2) is 28.1 Å². The minimum Gasteiger partial charge on any atom is -0.477 e. The fraction of sp³-hybridized carbons (Fsp3) is 0.200. The number of hydrogen-bond acceptors (Lipinski definition) is 3. The first-order valence-electron chi connectivity index (χ1n) is 4.34. The molecule has 1 heterocycles. The van der Waals surface area contributed by atoms with Crippen LogP contribution >= 0.6 is 23.4 Å². The fourth-order valence-corrected chi connectivity index (χ4v) is 2.49. The molecule has 15 heavy (non-hydrogen) atoms. The zero-order valence-electron chi connectivity index (χ0n) is 7.74. The largest absolute Gasteiger partial charge is 0.477 e. The Morgan fingerprint density at radius 2 is 2.33 bits per heavy atom. The molecule has 0 atom stereocenters. The van der Waals surface area contributed by atoms with Gasteiger partial charge in [0, 0.05) is 15.7 Å². The molecular weight excluding hydrogens is 234 g/mol. The van der Waals surface area contributed by atoms with E-state index in [-0.39, 0.29) is 5.71 Å². The summed E-state index contributed by atoms with van der Waals surface area (Å²) in [5.41, 5.74) is 1.20. The van der Waals surface area contributed by atoms with Crippen LogP contribution in [-0.4, -0.2) is 22.5 Å². The lowest BCUT2D eigenvalue weighted by atomic mass is 10.2. The van der Waals surface area contributed by atoms with Crippen molar-refractivity contribution in [2.75, 3.05) is 5.75 Å². The Hall–Kier alpha value is -1.000. The van der Waals surface area contributed by atoms with Crippen molar-refractivity contribution in [3.05, 3.63) is 28.8 Å². The molecule has 0 aromatic heterocycles. The van der Waals surface area contributed by atoms with E-state index in [1.54, 1.807) is 6.07 Å². The van der Waals surface area contributed by atoms with Crippen molar-refractivity contribution in [2.24, 2.45) is 4.99 Å². The average molecular weight is 242 g/mol. The van der Waals surface area contributed by atoms with Gasteiger partial charge in [-0.25, -0.2) is 4.79 Å². The van der Waals surface area contributed by atoms with Crippen LogP contribution in [-0.2, 0) is 11.3 Å². The molecule has 0 fully saturated rings. The number of fused-ring (bicyclic) bond motifs is 1. The maximum atomic E-state index is 10.8. The minimum absolute atomic E-state index is 0.215. The van der Waals surface area contributed by atoms with E-state index in [0.29, 0.717) is 17.3 Å². The van der Waals surface area contributed by atoms with E-state index in [1.807, 2.05) is 12.1 Å². The molecule has 1 N–H and O–H groups in total. The van der Waals surface area contributed by atoms with E-state index in [1.165, 1.54) is 11.8 Å². The molecule has 0 saturated heterocycles. The molecule has 0 aliphatic carbocycles. The topological polar surface area (TPSA) is 49.7 Å². The highest BCUT2D eigenvalue weighted by Crippen LogP contribution is 2.28. The van der Waals surface area contributed by atoms with E-state index in [4.69, 9.17) is 16.7 Å². The van der Waals surface area contributed by atoms with E-state index >= 15 is 0 Å². The van der Waals surface area contributed by atoms with Crippen LogP contribution < -0.4 is 0 Å². The molecule has 0 spiro atoms. The van der Waals surface area contributed by atoms with Crippen molar-refractivity contribution in [2.45, 2.75) is 11.4 Å². The van der Waals surface area contributed by atoms with Crippen LogP contribution in [0.25, 0.3) is 0 Å². The molecule has 1 aliphatic heterocycles. The van der Waals surface area contributed by atoms with Crippen molar-refractivity contribution >= 4 is 35.0 Å². The van der Waals surface area contributed by atoms with Gasteiger partial charge in [-0.05, 0) is 23.8 Å². The van der Waals surface area contributed by atoms with Gasteiger partial charge in [-0.15, -0.1) is 11.8 Å². The first-order chi connectivity index (χ1) is 7.16. The highest BCUT2D eigenvalue weighted by atomic mass is 35.5. The molecule has 1 aliphatic rings. The highest BCUT2D eigenvalue weighted by molar-refractivity contribution is 8.00. The molecule has 78 valence electrons. The van der Waals surface area contributed by atoms with Gasteiger partial charge in [0.2, 0.25) is 0 Å². The summed E-state index contributed by atoms with van der Waals surface area (Å²) in [6, 6.07) is 5.54. The molecule has 0 unspecified atom stereocenters. The molecule has 2 rings (SSSR count). The second-order valence-electron chi connectivity index (χ2n) is 3.11. The van der Waals surface area contributed by atoms with E-state index in [2.05, 4.69) is 4.99 Å². The molecular formula is C10H8ClNO2S. The third-order valence-corrected chi connectivity index (χ3v) is 3.44. The number of carbonyl (C=O) groups is 1. The zero-order chi connectivity index (χ0) is 10.8.